The summed E-state index contributed by atoms with van der Waals surface area (Å²) in [5, 5.41) is 3.09. The van der Waals surface area contributed by atoms with Crippen LogP contribution < -0.4 is 5.32 Å². The second kappa shape index (κ2) is 6.92. The van der Waals surface area contributed by atoms with Gasteiger partial charge in [0.1, 0.15) is 6.04 Å². The number of hydrogen-bond acceptors (Lipinski definition) is 3. The molecule has 4 heteroatoms. The van der Waals surface area contributed by atoms with Crippen molar-refractivity contribution in [2.45, 2.75) is 32.2 Å². The number of amides is 1. The predicted octanol–water partition coefficient (Wildman–Crippen LogP) is 3.62. The highest BCUT2D eigenvalue weighted by atomic mass is 16.2. The highest BCUT2D eigenvalue weighted by Crippen LogP contribution is 2.30. The van der Waals surface area contributed by atoms with Crippen LogP contribution in [-0.4, -0.2) is 29.9 Å². The Labute approximate surface area is 138 Å². The van der Waals surface area contributed by atoms with Gasteiger partial charge in [0.2, 0.25) is 5.91 Å². The van der Waals surface area contributed by atoms with Gasteiger partial charge >= 0.3 is 0 Å². The number of aromatic nitrogens is 1. The smallest absolute Gasteiger partial charge is 0.246 e. The minimum atomic E-state index is -0.378. The Balaban J connectivity index is 2.31. The summed E-state index contributed by atoms with van der Waals surface area (Å²) < 4.78 is 0. The lowest BCUT2D eigenvalue weighted by Crippen LogP contribution is -2.33. The van der Waals surface area contributed by atoms with Crippen LogP contribution in [-0.2, 0) is 10.2 Å². The number of carbonyl (C=O) groups is 1. The van der Waals surface area contributed by atoms with Crippen molar-refractivity contribution in [3.8, 4) is 0 Å². The van der Waals surface area contributed by atoms with Crippen molar-refractivity contribution in [2.75, 3.05) is 19.4 Å². The molecule has 1 atom stereocenters. The fourth-order valence-corrected chi connectivity index (χ4v) is 2.67. The van der Waals surface area contributed by atoms with Gasteiger partial charge in [-0.25, -0.2) is 0 Å². The number of nitrogens with one attached hydrogen (secondary N) is 1. The van der Waals surface area contributed by atoms with Gasteiger partial charge in [-0.2, -0.15) is 0 Å². The zero-order chi connectivity index (χ0) is 17.0. The maximum atomic E-state index is 12.9. The minimum Gasteiger partial charge on any atom is -0.324 e. The van der Waals surface area contributed by atoms with Crippen molar-refractivity contribution in [1.29, 1.82) is 0 Å². The maximum absolute atomic E-state index is 12.9. The second-order valence-electron chi connectivity index (χ2n) is 6.94. The minimum absolute atomic E-state index is 0.0359. The van der Waals surface area contributed by atoms with Crippen LogP contribution in [0.4, 0.5) is 5.69 Å². The summed E-state index contributed by atoms with van der Waals surface area (Å²) in [6, 6.07) is 11.4. The van der Waals surface area contributed by atoms with Crippen molar-refractivity contribution in [3.05, 3.63) is 59.9 Å². The molecule has 122 valence electrons. The molecule has 0 saturated carbocycles. The van der Waals surface area contributed by atoms with E-state index in [-0.39, 0.29) is 17.4 Å². The van der Waals surface area contributed by atoms with Gasteiger partial charge in [-0.15, -0.1) is 0 Å². The number of para-hydroxylation sites is 1. The predicted molar refractivity (Wildman–Crippen MR) is 94.4 cm³/mol. The van der Waals surface area contributed by atoms with Gasteiger partial charge in [-0.05, 0) is 42.8 Å². The molecule has 2 rings (SSSR count). The van der Waals surface area contributed by atoms with E-state index in [0.717, 1.165) is 16.8 Å². The Bertz CT molecular complexity index is 660. The first kappa shape index (κ1) is 17.2. The molecule has 0 bridgehead atoms. The Morgan fingerprint density at radius 1 is 1.13 bits per heavy atom. The molecule has 2 aromatic rings. The molecule has 1 aromatic heterocycles. The van der Waals surface area contributed by atoms with E-state index in [1.54, 1.807) is 12.4 Å². The van der Waals surface area contributed by atoms with Crippen molar-refractivity contribution in [2.24, 2.45) is 0 Å². The van der Waals surface area contributed by atoms with Gasteiger partial charge in [0, 0.05) is 18.1 Å². The number of hydrogen-bond donors (Lipinski definition) is 1. The Morgan fingerprint density at radius 3 is 2.39 bits per heavy atom. The van der Waals surface area contributed by atoms with Crippen LogP contribution in [0.5, 0.6) is 0 Å². The fraction of sp³-hybridized carbons (Fsp3) is 0.368. The maximum Gasteiger partial charge on any atom is 0.246 e. The molecule has 0 fully saturated rings. The average Bonchev–Trinajstić information content (AvgIpc) is 2.47. The van der Waals surface area contributed by atoms with Gasteiger partial charge in [0.15, 0.2) is 0 Å². The molecule has 1 N–H and O–H groups in total. The number of benzene rings is 1. The molecule has 1 aromatic carbocycles. The van der Waals surface area contributed by atoms with E-state index in [1.807, 2.05) is 49.3 Å². The summed E-state index contributed by atoms with van der Waals surface area (Å²) >= 11 is 0. The molecule has 1 heterocycles. The number of nitrogens with zero attached hydrogens (tertiary/aromatic N) is 2. The van der Waals surface area contributed by atoms with E-state index >= 15 is 0 Å². The van der Waals surface area contributed by atoms with E-state index in [1.165, 1.54) is 0 Å². The van der Waals surface area contributed by atoms with E-state index < -0.39 is 0 Å². The van der Waals surface area contributed by atoms with Crippen LogP contribution in [0.15, 0.2) is 48.8 Å². The molecule has 4 nitrogen and oxygen atoms in total. The van der Waals surface area contributed by atoms with Crippen LogP contribution in [0.25, 0.3) is 0 Å². The van der Waals surface area contributed by atoms with Crippen LogP contribution in [0.3, 0.4) is 0 Å². The average molecular weight is 311 g/mol. The van der Waals surface area contributed by atoms with E-state index in [4.69, 9.17) is 0 Å². The quantitative estimate of drug-likeness (QED) is 0.938. The van der Waals surface area contributed by atoms with Crippen LogP contribution in [0.2, 0.25) is 0 Å². The second-order valence-corrected chi connectivity index (χ2v) is 6.94. The molecule has 0 saturated heterocycles. The highest BCUT2D eigenvalue weighted by Gasteiger charge is 2.25. The summed E-state index contributed by atoms with van der Waals surface area (Å²) in [4.78, 5) is 18.9. The number of anilines is 1. The lowest BCUT2D eigenvalue weighted by Gasteiger charge is -2.26. The first-order chi connectivity index (χ1) is 10.8. The van der Waals surface area contributed by atoms with Gasteiger partial charge < -0.3 is 5.32 Å². The molecule has 0 aliphatic carbocycles. The third kappa shape index (κ3) is 4.17. The van der Waals surface area contributed by atoms with Gasteiger partial charge in [0.05, 0.1) is 0 Å². The summed E-state index contributed by atoms with van der Waals surface area (Å²) in [6.07, 6.45) is 3.45. The normalized spacial score (nSPS) is 13.0. The standard InChI is InChI=1S/C19H25N3O/c1-19(2,3)15-10-6-7-11-16(15)21-18(23)17(22(4)5)14-9-8-12-20-13-14/h6-13,17H,1-5H3,(H,21,23). The van der Waals surface area contributed by atoms with Crippen molar-refractivity contribution < 1.29 is 4.79 Å². The van der Waals surface area contributed by atoms with Crippen molar-refractivity contribution in [1.82, 2.24) is 9.88 Å². The number of rotatable bonds is 4. The molecular weight excluding hydrogens is 286 g/mol. The fourth-order valence-electron chi connectivity index (χ4n) is 2.67. The summed E-state index contributed by atoms with van der Waals surface area (Å²) in [7, 11) is 3.79. The summed E-state index contributed by atoms with van der Waals surface area (Å²) in [6.45, 7) is 6.42. The first-order valence-electron chi connectivity index (χ1n) is 7.77. The van der Waals surface area contributed by atoms with E-state index in [9.17, 15) is 4.79 Å². The molecule has 0 aliphatic rings. The van der Waals surface area contributed by atoms with E-state index in [2.05, 4.69) is 37.1 Å². The summed E-state index contributed by atoms with van der Waals surface area (Å²) in [5.41, 5.74) is 2.83. The summed E-state index contributed by atoms with van der Waals surface area (Å²) in [5.74, 6) is -0.0558. The molecule has 0 aliphatic heterocycles. The van der Waals surface area contributed by atoms with Crippen LogP contribution in [0, 0.1) is 0 Å². The Kier molecular flexibility index (Phi) is 5.16. The van der Waals surface area contributed by atoms with Crippen molar-refractivity contribution in [3.63, 3.8) is 0 Å². The lowest BCUT2D eigenvalue weighted by atomic mass is 9.85. The largest absolute Gasteiger partial charge is 0.324 e. The zero-order valence-corrected chi connectivity index (χ0v) is 14.5. The number of carbonyl (C=O) groups excluding carboxylic acids is 1. The third-order valence-electron chi connectivity index (χ3n) is 3.76. The third-order valence-corrected chi connectivity index (χ3v) is 3.76. The van der Waals surface area contributed by atoms with Gasteiger partial charge in [-0.1, -0.05) is 45.0 Å². The molecular formula is C19H25N3O. The molecule has 0 spiro atoms. The molecule has 0 radical (unpaired) electrons. The SMILES string of the molecule is CN(C)C(C(=O)Nc1ccccc1C(C)(C)C)c1cccnc1. The first-order valence-corrected chi connectivity index (χ1v) is 7.77. The van der Waals surface area contributed by atoms with Gasteiger partial charge in [-0.3, -0.25) is 14.7 Å². The van der Waals surface area contributed by atoms with E-state index in [0.29, 0.717) is 0 Å². The Hall–Kier alpha value is -2.20. The molecule has 23 heavy (non-hydrogen) atoms. The van der Waals surface area contributed by atoms with Crippen LogP contribution in [0.1, 0.15) is 37.9 Å². The van der Waals surface area contributed by atoms with Crippen molar-refractivity contribution >= 4 is 11.6 Å². The monoisotopic (exact) mass is 311 g/mol. The number of pyridine rings is 1. The number of likely N-dealkylation sites (N-methyl/N-ethyl adjacent to an activating group) is 1. The van der Waals surface area contributed by atoms with Gasteiger partial charge in [0.25, 0.3) is 0 Å². The molecule has 1 unspecified atom stereocenters. The zero-order valence-electron chi connectivity index (χ0n) is 14.5. The lowest BCUT2D eigenvalue weighted by molar-refractivity contribution is -0.120. The topological polar surface area (TPSA) is 45.2 Å². The highest BCUT2D eigenvalue weighted by molar-refractivity contribution is 5.96. The Morgan fingerprint density at radius 2 is 1.83 bits per heavy atom. The molecule has 1 amide bonds. The van der Waals surface area contributed by atoms with Crippen LogP contribution >= 0.6 is 0 Å².